The number of nitrogens with one attached hydrogen (secondary N) is 1. The van der Waals surface area contributed by atoms with Crippen LogP contribution in [0.3, 0.4) is 0 Å². The molecule has 0 fully saturated rings. The molecule has 0 aliphatic heterocycles. The lowest BCUT2D eigenvalue weighted by Gasteiger charge is -2.15. The lowest BCUT2D eigenvalue weighted by Crippen LogP contribution is -2.28. The zero-order chi connectivity index (χ0) is 10.1. The summed E-state index contributed by atoms with van der Waals surface area (Å²) >= 11 is 0. The minimum Gasteiger partial charge on any atom is -0.311 e. The Balaban J connectivity index is 3.53. The Labute approximate surface area is 83.6 Å². The van der Waals surface area contributed by atoms with Crippen molar-refractivity contribution in [2.24, 2.45) is 0 Å². The molecule has 1 heteroatoms. The van der Waals surface area contributed by atoms with Crippen LogP contribution in [0.15, 0.2) is 11.6 Å². The topological polar surface area (TPSA) is 12.0 Å². The molecule has 0 heterocycles. The summed E-state index contributed by atoms with van der Waals surface area (Å²) in [6, 6.07) is 0.718. The standard InChI is InChI=1S/C12H25N/c1-5-7-8-12(6-2)13-10-9-11(3)4/h9,12-13H,5-8,10H2,1-4H3. The number of allylic oxidation sites excluding steroid dienone is 1. The average molecular weight is 183 g/mol. The van der Waals surface area contributed by atoms with Gasteiger partial charge in [-0.1, -0.05) is 38.3 Å². The fourth-order valence-corrected chi connectivity index (χ4v) is 1.33. The van der Waals surface area contributed by atoms with E-state index in [9.17, 15) is 0 Å². The summed E-state index contributed by atoms with van der Waals surface area (Å²) in [7, 11) is 0. The first-order valence-corrected chi connectivity index (χ1v) is 5.57. The maximum atomic E-state index is 3.56. The first kappa shape index (κ1) is 12.7. The number of rotatable bonds is 7. The van der Waals surface area contributed by atoms with Crippen LogP contribution in [-0.4, -0.2) is 12.6 Å². The second-order valence-electron chi connectivity index (χ2n) is 3.94. The van der Waals surface area contributed by atoms with Gasteiger partial charge >= 0.3 is 0 Å². The molecular weight excluding hydrogens is 158 g/mol. The van der Waals surface area contributed by atoms with E-state index in [0.717, 1.165) is 12.6 Å². The monoisotopic (exact) mass is 183 g/mol. The zero-order valence-electron chi connectivity index (χ0n) is 9.69. The maximum absolute atomic E-state index is 3.56. The third-order valence-electron chi connectivity index (χ3n) is 2.32. The molecule has 0 amide bonds. The van der Waals surface area contributed by atoms with Crippen LogP contribution in [0.5, 0.6) is 0 Å². The van der Waals surface area contributed by atoms with Gasteiger partial charge < -0.3 is 5.32 Å². The third kappa shape index (κ3) is 8.04. The molecule has 0 aromatic rings. The summed E-state index contributed by atoms with van der Waals surface area (Å²) in [5, 5.41) is 3.56. The lowest BCUT2D eigenvalue weighted by molar-refractivity contribution is 0.472. The summed E-state index contributed by atoms with van der Waals surface area (Å²) in [6.07, 6.45) is 7.48. The molecule has 0 saturated heterocycles. The number of unbranched alkanes of at least 4 members (excludes halogenated alkanes) is 1. The highest BCUT2D eigenvalue weighted by Gasteiger charge is 2.02. The minimum absolute atomic E-state index is 0.718. The molecular formula is C12H25N. The Bertz CT molecular complexity index is 134. The Morgan fingerprint density at radius 3 is 2.46 bits per heavy atom. The van der Waals surface area contributed by atoms with Gasteiger partial charge in [-0.25, -0.2) is 0 Å². The molecule has 1 N–H and O–H groups in total. The van der Waals surface area contributed by atoms with E-state index in [1.54, 1.807) is 0 Å². The predicted molar refractivity (Wildman–Crippen MR) is 61.0 cm³/mol. The van der Waals surface area contributed by atoms with Crippen molar-refractivity contribution in [3.05, 3.63) is 11.6 Å². The van der Waals surface area contributed by atoms with Gasteiger partial charge in [-0.2, -0.15) is 0 Å². The van der Waals surface area contributed by atoms with Gasteiger partial charge in [0.25, 0.3) is 0 Å². The van der Waals surface area contributed by atoms with Gasteiger partial charge in [0.2, 0.25) is 0 Å². The predicted octanol–water partition coefficient (Wildman–Crippen LogP) is 3.51. The van der Waals surface area contributed by atoms with Gasteiger partial charge in [0.15, 0.2) is 0 Å². The molecule has 1 unspecified atom stereocenters. The van der Waals surface area contributed by atoms with Crippen LogP contribution < -0.4 is 5.32 Å². The minimum atomic E-state index is 0.718. The van der Waals surface area contributed by atoms with Crippen LogP contribution in [0.25, 0.3) is 0 Å². The quantitative estimate of drug-likeness (QED) is 0.596. The zero-order valence-corrected chi connectivity index (χ0v) is 9.69. The van der Waals surface area contributed by atoms with Crippen molar-refractivity contribution >= 4 is 0 Å². The van der Waals surface area contributed by atoms with Crippen molar-refractivity contribution in [2.45, 2.75) is 59.4 Å². The van der Waals surface area contributed by atoms with Gasteiger partial charge in [0, 0.05) is 12.6 Å². The van der Waals surface area contributed by atoms with E-state index in [1.165, 1.54) is 31.3 Å². The first-order valence-electron chi connectivity index (χ1n) is 5.57. The molecule has 0 radical (unpaired) electrons. The van der Waals surface area contributed by atoms with Crippen LogP contribution in [0.1, 0.15) is 53.4 Å². The maximum Gasteiger partial charge on any atom is 0.0139 e. The Hall–Kier alpha value is -0.300. The molecule has 0 aromatic carbocycles. The number of hydrogen-bond acceptors (Lipinski definition) is 1. The summed E-state index contributed by atoms with van der Waals surface area (Å²) in [6.45, 7) is 9.84. The normalized spacial score (nSPS) is 12.6. The van der Waals surface area contributed by atoms with E-state index in [0.29, 0.717) is 0 Å². The van der Waals surface area contributed by atoms with Crippen molar-refractivity contribution in [3.8, 4) is 0 Å². The summed E-state index contributed by atoms with van der Waals surface area (Å²) in [5.74, 6) is 0. The third-order valence-corrected chi connectivity index (χ3v) is 2.32. The number of hydrogen-bond donors (Lipinski definition) is 1. The van der Waals surface area contributed by atoms with E-state index in [-0.39, 0.29) is 0 Å². The first-order chi connectivity index (χ1) is 6.20. The van der Waals surface area contributed by atoms with Crippen molar-refractivity contribution in [3.63, 3.8) is 0 Å². The molecule has 0 spiro atoms. The van der Waals surface area contributed by atoms with Gasteiger partial charge in [-0.3, -0.25) is 0 Å². The molecule has 0 saturated carbocycles. The van der Waals surface area contributed by atoms with Crippen LogP contribution >= 0.6 is 0 Å². The van der Waals surface area contributed by atoms with Crippen molar-refractivity contribution in [1.82, 2.24) is 5.32 Å². The summed E-state index contributed by atoms with van der Waals surface area (Å²) < 4.78 is 0. The lowest BCUT2D eigenvalue weighted by atomic mass is 10.1. The Morgan fingerprint density at radius 2 is 2.00 bits per heavy atom. The van der Waals surface area contributed by atoms with Crippen molar-refractivity contribution in [1.29, 1.82) is 0 Å². The molecule has 0 aromatic heterocycles. The molecule has 0 rings (SSSR count). The van der Waals surface area contributed by atoms with Crippen LogP contribution in [0, 0.1) is 0 Å². The second-order valence-corrected chi connectivity index (χ2v) is 3.94. The highest BCUT2D eigenvalue weighted by atomic mass is 14.9. The van der Waals surface area contributed by atoms with Crippen LogP contribution in [0.4, 0.5) is 0 Å². The van der Waals surface area contributed by atoms with Gasteiger partial charge in [-0.15, -0.1) is 0 Å². The fraction of sp³-hybridized carbons (Fsp3) is 0.833. The molecule has 0 aliphatic rings. The molecule has 0 bridgehead atoms. The molecule has 78 valence electrons. The highest BCUT2D eigenvalue weighted by molar-refractivity contribution is 4.94. The second kappa shape index (κ2) is 8.31. The Morgan fingerprint density at radius 1 is 1.31 bits per heavy atom. The van der Waals surface area contributed by atoms with Crippen molar-refractivity contribution in [2.75, 3.05) is 6.54 Å². The van der Waals surface area contributed by atoms with Crippen molar-refractivity contribution < 1.29 is 0 Å². The summed E-state index contributed by atoms with van der Waals surface area (Å²) in [5.41, 5.74) is 1.40. The largest absolute Gasteiger partial charge is 0.311 e. The molecule has 1 nitrogen and oxygen atoms in total. The van der Waals surface area contributed by atoms with E-state index < -0.39 is 0 Å². The van der Waals surface area contributed by atoms with E-state index >= 15 is 0 Å². The molecule has 1 atom stereocenters. The van der Waals surface area contributed by atoms with Gasteiger partial charge in [-0.05, 0) is 26.7 Å². The SMILES string of the molecule is CCCCC(CC)NCC=C(C)C. The molecule has 13 heavy (non-hydrogen) atoms. The highest BCUT2D eigenvalue weighted by Crippen LogP contribution is 2.03. The van der Waals surface area contributed by atoms with Gasteiger partial charge in [0.1, 0.15) is 0 Å². The Kier molecular flexibility index (Phi) is 8.11. The smallest absolute Gasteiger partial charge is 0.0139 e. The van der Waals surface area contributed by atoms with E-state index in [4.69, 9.17) is 0 Å². The summed E-state index contributed by atoms with van der Waals surface area (Å²) in [4.78, 5) is 0. The average Bonchev–Trinajstić information content (AvgIpc) is 2.10. The van der Waals surface area contributed by atoms with Crippen LogP contribution in [0.2, 0.25) is 0 Å². The van der Waals surface area contributed by atoms with Crippen LogP contribution in [-0.2, 0) is 0 Å². The fourth-order valence-electron chi connectivity index (χ4n) is 1.33. The van der Waals surface area contributed by atoms with E-state index in [2.05, 4.69) is 39.1 Å². The molecule has 0 aliphatic carbocycles. The van der Waals surface area contributed by atoms with E-state index in [1.807, 2.05) is 0 Å². The van der Waals surface area contributed by atoms with Gasteiger partial charge in [0.05, 0.1) is 0 Å².